The fourth-order valence-corrected chi connectivity index (χ4v) is 1.29. The zero-order valence-corrected chi connectivity index (χ0v) is 9.49. The van der Waals surface area contributed by atoms with Crippen LogP contribution in [0.3, 0.4) is 0 Å². The van der Waals surface area contributed by atoms with Crippen LogP contribution >= 0.6 is 0 Å². The first-order valence-electron chi connectivity index (χ1n) is 5.10. The molecule has 16 heavy (non-hydrogen) atoms. The number of rotatable bonds is 4. The number of nitrogens with one attached hydrogen (secondary N) is 1. The van der Waals surface area contributed by atoms with Crippen molar-refractivity contribution in [1.29, 1.82) is 5.41 Å². The van der Waals surface area contributed by atoms with Gasteiger partial charge in [-0.1, -0.05) is 30.3 Å². The molecule has 1 atom stereocenters. The highest BCUT2D eigenvalue weighted by Gasteiger charge is 2.35. The molecule has 0 aromatic heterocycles. The van der Waals surface area contributed by atoms with Crippen molar-refractivity contribution in [3.05, 3.63) is 35.9 Å². The van der Waals surface area contributed by atoms with Gasteiger partial charge in [0, 0.05) is 0 Å². The maximum absolute atomic E-state index is 11.6. The largest absolute Gasteiger partial charge is 0.464 e. The highest BCUT2D eigenvalue weighted by molar-refractivity contribution is 6.17. The Hall–Kier alpha value is -1.68. The van der Waals surface area contributed by atoms with Gasteiger partial charge in [-0.2, -0.15) is 0 Å². The predicted octanol–water partition coefficient (Wildman–Crippen LogP) is 1.33. The minimum atomic E-state index is -1.41. The third-order valence-corrected chi connectivity index (χ3v) is 2.28. The Kier molecular flexibility index (Phi) is 3.79. The third kappa shape index (κ3) is 2.46. The van der Waals surface area contributed by atoms with Crippen LogP contribution in [-0.4, -0.2) is 23.8 Å². The van der Waals surface area contributed by atoms with Gasteiger partial charge in [-0.05, 0) is 19.4 Å². The average molecular weight is 220 g/mol. The summed E-state index contributed by atoms with van der Waals surface area (Å²) in [7, 11) is 0. The van der Waals surface area contributed by atoms with E-state index in [1.54, 1.807) is 31.2 Å². The molecule has 0 heterocycles. The average Bonchev–Trinajstić information content (AvgIpc) is 2.29. The highest BCUT2D eigenvalue weighted by Crippen LogP contribution is 2.12. The fraction of sp³-hybridized carbons (Fsp3) is 0.333. The first-order chi connectivity index (χ1) is 7.50. The van der Waals surface area contributed by atoms with Crippen LogP contribution in [-0.2, 0) is 9.53 Å². The number of hydrogen-bond acceptors (Lipinski definition) is 4. The normalized spacial score (nSPS) is 13.9. The van der Waals surface area contributed by atoms with Crippen LogP contribution in [0.5, 0.6) is 0 Å². The van der Waals surface area contributed by atoms with E-state index in [0.29, 0.717) is 5.56 Å². The molecule has 0 aliphatic heterocycles. The zero-order chi connectivity index (χ0) is 12.2. The van der Waals surface area contributed by atoms with Crippen molar-refractivity contribution >= 4 is 11.7 Å². The van der Waals surface area contributed by atoms with Crippen LogP contribution in [0.4, 0.5) is 0 Å². The van der Waals surface area contributed by atoms with Crippen LogP contribution in [0.25, 0.3) is 0 Å². The lowest BCUT2D eigenvalue weighted by Crippen LogP contribution is -2.53. The Labute approximate surface area is 94.9 Å². The minimum Gasteiger partial charge on any atom is -0.464 e. The molecule has 4 heteroatoms. The molecule has 0 amide bonds. The summed E-state index contributed by atoms with van der Waals surface area (Å²) in [6.07, 6.45) is 0. The summed E-state index contributed by atoms with van der Waals surface area (Å²) in [4.78, 5) is 11.6. The Morgan fingerprint density at radius 2 is 2.00 bits per heavy atom. The Morgan fingerprint density at radius 3 is 2.50 bits per heavy atom. The molecule has 1 aromatic carbocycles. The van der Waals surface area contributed by atoms with Gasteiger partial charge < -0.3 is 15.9 Å². The van der Waals surface area contributed by atoms with Crippen molar-refractivity contribution in [2.24, 2.45) is 5.73 Å². The van der Waals surface area contributed by atoms with Gasteiger partial charge in [0.05, 0.1) is 12.3 Å². The Morgan fingerprint density at radius 1 is 1.44 bits per heavy atom. The van der Waals surface area contributed by atoms with Crippen LogP contribution in [0, 0.1) is 5.41 Å². The topological polar surface area (TPSA) is 76.2 Å². The van der Waals surface area contributed by atoms with Crippen molar-refractivity contribution in [2.45, 2.75) is 19.4 Å². The molecule has 0 aliphatic rings. The molecule has 0 saturated heterocycles. The number of benzene rings is 1. The van der Waals surface area contributed by atoms with E-state index in [1.165, 1.54) is 6.92 Å². The first kappa shape index (κ1) is 12.4. The molecule has 3 N–H and O–H groups in total. The van der Waals surface area contributed by atoms with E-state index in [0.717, 1.165) is 0 Å². The Bertz CT molecular complexity index is 385. The van der Waals surface area contributed by atoms with Gasteiger partial charge in [0.25, 0.3) is 0 Å². The van der Waals surface area contributed by atoms with E-state index in [-0.39, 0.29) is 12.3 Å². The zero-order valence-electron chi connectivity index (χ0n) is 9.49. The summed E-state index contributed by atoms with van der Waals surface area (Å²) in [6.45, 7) is 3.45. The van der Waals surface area contributed by atoms with Gasteiger partial charge in [0.2, 0.25) is 0 Å². The molecule has 1 rings (SSSR count). The van der Waals surface area contributed by atoms with Gasteiger partial charge in [-0.15, -0.1) is 0 Å². The van der Waals surface area contributed by atoms with Gasteiger partial charge in [-0.3, -0.25) is 0 Å². The van der Waals surface area contributed by atoms with Crippen LogP contribution < -0.4 is 5.73 Å². The lowest BCUT2D eigenvalue weighted by Gasteiger charge is -2.23. The molecule has 0 fully saturated rings. The summed E-state index contributed by atoms with van der Waals surface area (Å²) in [6, 6.07) is 8.92. The number of carbonyl (C=O) groups is 1. The number of nitrogens with two attached hydrogens (primary N) is 1. The maximum Gasteiger partial charge on any atom is 0.332 e. The van der Waals surface area contributed by atoms with E-state index in [4.69, 9.17) is 15.9 Å². The van der Waals surface area contributed by atoms with E-state index < -0.39 is 11.5 Å². The van der Waals surface area contributed by atoms with Crippen molar-refractivity contribution in [2.75, 3.05) is 6.61 Å². The number of carbonyl (C=O) groups excluding carboxylic acids is 1. The molecule has 0 spiro atoms. The number of hydrogen-bond donors (Lipinski definition) is 2. The van der Waals surface area contributed by atoms with E-state index in [2.05, 4.69) is 0 Å². The first-order valence-corrected chi connectivity index (χ1v) is 5.10. The van der Waals surface area contributed by atoms with E-state index in [9.17, 15) is 4.79 Å². The maximum atomic E-state index is 11.6. The van der Waals surface area contributed by atoms with Gasteiger partial charge in [0.1, 0.15) is 0 Å². The number of ether oxygens (including phenoxy) is 1. The molecule has 0 saturated carbocycles. The smallest absolute Gasteiger partial charge is 0.332 e. The minimum absolute atomic E-state index is 0.0616. The van der Waals surface area contributed by atoms with Crippen molar-refractivity contribution in [3.63, 3.8) is 0 Å². The molecular formula is C12H16N2O2. The third-order valence-electron chi connectivity index (χ3n) is 2.28. The standard InChI is InChI=1S/C12H16N2O2/c1-3-16-11(15)12(2,14)10(13)9-7-5-4-6-8-9/h4-8,13H,3,14H2,1-2H3. The van der Waals surface area contributed by atoms with E-state index in [1.807, 2.05) is 6.07 Å². The van der Waals surface area contributed by atoms with Crippen LogP contribution in [0.15, 0.2) is 30.3 Å². The molecule has 86 valence electrons. The molecule has 0 bridgehead atoms. The summed E-state index contributed by atoms with van der Waals surface area (Å²) < 4.78 is 4.84. The van der Waals surface area contributed by atoms with Gasteiger partial charge in [0.15, 0.2) is 5.54 Å². The lowest BCUT2D eigenvalue weighted by molar-refractivity contribution is -0.146. The summed E-state index contributed by atoms with van der Waals surface area (Å²) in [5, 5.41) is 7.92. The number of esters is 1. The van der Waals surface area contributed by atoms with Crippen LogP contribution in [0.2, 0.25) is 0 Å². The monoisotopic (exact) mass is 220 g/mol. The second-order valence-electron chi connectivity index (χ2n) is 3.66. The molecular weight excluding hydrogens is 204 g/mol. The molecule has 0 aliphatic carbocycles. The second-order valence-corrected chi connectivity index (χ2v) is 3.66. The Balaban J connectivity index is 2.92. The molecule has 0 radical (unpaired) electrons. The molecule has 1 unspecified atom stereocenters. The summed E-state index contributed by atoms with van der Waals surface area (Å²) in [5.74, 6) is -0.580. The lowest BCUT2D eigenvalue weighted by atomic mass is 9.91. The van der Waals surface area contributed by atoms with Crippen molar-refractivity contribution in [1.82, 2.24) is 0 Å². The SMILES string of the molecule is CCOC(=O)C(C)(N)C(=N)c1ccccc1. The van der Waals surface area contributed by atoms with Gasteiger partial charge >= 0.3 is 5.97 Å². The summed E-state index contributed by atoms with van der Waals surface area (Å²) >= 11 is 0. The van der Waals surface area contributed by atoms with Gasteiger partial charge in [-0.25, -0.2) is 4.79 Å². The van der Waals surface area contributed by atoms with E-state index >= 15 is 0 Å². The fourth-order valence-electron chi connectivity index (χ4n) is 1.29. The molecule has 4 nitrogen and oxygen atoms in total. The predicted molar refractivity (Wildman–Crippen MR) is 62.5 cm³/mol. The summed E-state index contributed by atoms with van der Waals surface area (Å²) in [5.41, 5.74) is 5.10. The second kappa shape index (κ2) is 4.90. The quantitative estimate of drug-likeness (QED) is 0.593. The van der Waals surface area contributed by atoms with Crippen molar-refractivity contribution < 1.29 is 9.53 Å². The highest BCUT2D eigenvalue weighted by atomic mass is 16.5. The van der Waals surface area contributed by atoms with Crippen LogP contribution in [0.1, 0.15) is 19.4 Å². The van der Waals surface area contributed by atoms with Crippen molar-refractivity contribution in [3.8, 4) is 0 Å². The molecule has 1 aromatic rings.